The lowest BCUT2D eigenvalue weighted by Crippen LogP contribution is -2.04. The monoisotopic (exact) mass is 391 g/mol. The van der Waals surface area contributed by atoms with E-state index in [-0.39, 0.29) is 0 Å². The molecule has 0 aliphatic heterocycles. The third kappa shape index (κ3) is 4.74. The Morgan fingerprint density at radius 3 is 2.52 bits per heavy atom. The Hall–Kier alpha value is -1.57. The molecule has 0 radical (unpaired) electrons. The van der Waals surface area contributed by atoms with Crippen LogP contribution in [-0.2, 0) is 5.75 Å². The van der Waals surface area contributed by atoms with E-state index >= 15 is 0 Å². The summed E-state index contributed by atoms with van der Waals surface area (Å²) in [5.41, 5.74) is 1.00. The third-order valence-electron chi connectivity index (χ3n) is 3.54. The van der Waals surface area contributed by atoms with Crippen LogP contribution in [0.15, 0.2) is 53.0 Å². The highest BCUT2D eigenvalue weighted by Crippen LogP contribution is 2.29. The predicted octanol–water partition coefficient (Wildman–Crippen LogP) is 4.89. The van der Waals surface area contributed by atoms with Crippen molar-refractivity contribution in [1.29, 1.82) is 0 Å². The molecule has 2 aromatic heterocycles. The molecule has 3 rings (SSSR count). The molecule has 0 bridgehead atoms. The van der Waals surface area contributed by atoms with Gasteiger partial charge < -0.3 is 0 Å². The second-order valence-electron chi connectivity index (χ2n) is 5.37. The molecule has 0 aliphatic rings. The maximum Gasteiger partial charge on any atom is 0.196 e. The van der Waals surface area contributed by atoms with E-state index in [1.165, 1.54) is 0 Å². The van der Waals surface area contributed by atoms with Crippen molar-refractivity contribution in [3.8, 4) is 5.69 Å². The van der Waals surface area contributed by atoms with Gasteiger partial charge in [0.25, 0.3) is 0 Å². The van der Waals surface area contributed by atoms with Crippen LogP contribution < -0.4 is 0 Å². The number of aromatic nitrogens is 5. The van der Waals surface area contributed by atoms with Crippen LogP contribution in [0.5, 0.6) is 0 Å². The van der Waals surface area contributed by atoms with Gasteiger partial charge in [0.1, 0.15) is 5.82 Å². The first-order chi connectivity index (χ1) is 12.2. The molecule has 0 saturated carbocycles. The summed E-state index contributed by atoms with van der Waals surface area (Å²) in [5, 5.41) is 11.6. The van der Waals surface area contributed by atoms with Crippen molar-refractivity contribution in [2.45, 2.75) is 41.6 Å². The molecule has 2 heterocycles. The van der Waals surface area contributed by atoms with Crippen LogP contribution in [0, 0.1) is 0 Å². The Labute approximate surface area is 160 Å². The maximum atomic E-state index is 6.03. The van der Waals surface area contributed by atoms with Gasteiger partial charge in [0.15, 0.2) is 10.3 Å². The summed E-state index contributed by atoms with van der Waals surface area (Å²) in [7, 11) is 0. The number of halogens is 1. The van der Waals surface area contributed by atoms with Gasteiger partial charge in [0.05, 0.1) is 5.75 Å². The fraction of sp³-hybridized carbons (Fsp3) is 0.294. The molecule has 0 N–H and O–H groups in total. The first kappa shape index (κ1) is 18.2. The zero-order valence-corrected chi connectivity index (χ0v) is 16.4. The largest absolute Gasteiger partial charge is 0.273 e. The summed E-state index contributed by atoms with van der Waals surface area (Å²) in [4.78, 5) is 8.50. The van der Waals surface area contributed by atoms with Crippen LogP contribution in [0.25, 0.3) is 5.69 Å². The van der Waals surface area contributed by atoms with E-state index < -0.39 is 0 Å². The molecule has 0 saturated heterocycles. The normalized spacial score (nSPS) is 12.3. The zero-order valence-electron chi connectivity index (χ0n) is 14.0. The number of thioether (sulfide) groups is 2. The lowest BCUT2D eigenvalue weighted by atomic mass is 10.3. The first-order valence-corrected chi connectivity index (χ1v) is 10.2. The Bertz CT molecular complexity index is 808. The summed E-state index contributed by atoms with van der Waals surface area (Å²) < 4.78 is 2.09. The molecule has 0 amide bonds. The van der Waals surface area contributed by atoms with Gasteiger partial charge in [0.2, 0.25) is 0 Å². The van der Waals surface area contributed by atoms with Crippen LogP contribution in [-0.4, -0.2) is 30.0 Å². The van der Waals surface area contributed by atoms with E-state index in [1.807, 2.05) is 24.3 Å². The van der Waals surface area contributed by atoms with Crippen molar-refractivity contribution >= 4 is 35.1 Å². The molecular formula is C17H18ClN5S2. The smallest absolute Gasteiger partial charge is 0.196 e. The van der Waals surface area contributed by atoms with E-state index in [1.54, 1.807) is 42.0 Å². The van der Waals surface area contributed by atoms with E-state index in [0.29, 0.717) is 16.0 Å². The summed E-state index contributed by atoms with van der Waals surface area (Å²) in [6.45, 7) is 4.36. The number of benzene rings is 1. The first-order valence-electron chi connectivity index (χ1n) is 7.94. The minimum Gasteiger partial charge on any atom is -0.273 e. The van der Waals surface area contributed by atoms with Crippen LogP contribution in [0.1, 0.15) is 26.1 Å². The Balaban J connectivity index is 1.90. The van der Waals surface area contributed by atoms with E-state index in [0.717, 1.165) is 28.2 Å². The van der Waals surface area contributed by atoms with Gasteiger partial charge in [0, 0.05) is 28.4 Å². The topological polar surface area (TPSA) is 56.5 Å². The average Bonchev–Trinajstić information content (AvgIpc) is 3.04. The molecule has 0 fully saturated rings. The molecule has 8 heteroatoms. The van der Waals surface area contributed by atoms with E-state index in [9.17, 15) is 0 Å². The predicted molar refractivity (Wildman–Crippen MR) is 104 cm³/mol. The second-order valence-corrected chi connectivity index (χ2v) is 8.15. The summed E-state index contributed by atoms with van der Waals surface area (Å²) in [6, 6.07) is 9.54. The molecule has 1 atom stereocenters. The van der Waals surface area contributed by atoms with Crippen molar-refractivity contribution in [3.63, 3.8) is 0 Å². The summed E-state index contributed by atoms with van der Waals surface area (Å²) in [6.07, 6.45) is 4.55. The van der Waals surface area contributed by atoms with E-state index in [4.69, 9.17) is 11.6 Å². The highest BCUT2D eigenvalue weighted by Gasteiger charge is 2.17. The van der Waals surface area contributed by atoms with Crippen molar-refractivity contribution in [2.24, 2.45) is 0 Å². The molecule has 1 aromatic carbocycles. The maximum absolute atomic E-state index is 6.03. The van der Waals surface area contributed by atoms with Gasteiger partial charge in [-0.25, -0.2) is 9.97 Å². The number of hydrogen-bond donors (Lipinski definition) is 0. The third-order valence-corrected chi connectivity index (χ3v) is 5.87. The number of nitrogens with zero attached hydrogens (tertiary/aromatic N) is 5. The average molecular weight is 392 g/mol. The molecule has 0 spiro atoms. The quantitative estimate of drug-likeness (QED) is 0.422. The standard InChI is InChI=1S/C17H18ClN5S2/c1-3-12(2)25-17-22-21-15(11-24-16-19-9-4-10-20-16)23(17)14-7-5-13(18)6-8-14/h4-10,12H,3,11H2,1-2H3. The van der Waals surface area contributed by atoms with Crippen LogP contribution in [0.4, 0.5) is 0 Å². The molecule has 0 aliphatic carbocycles. The highest BCUT2D eigenvalue weighted by molar-refractivity contribution is 7.99. The van der Waals surface area contributed by atoms with Crippen LogP contribution in [0.2, 0.25) is 5.02 Å². The number of hydrogen-bond acceptors (Lipinski definition) is 6. The Morgan fingerprint density at radius 1 is 1.12 bits per heavy atom. The lowest BCUT2D eigenvalue weighted by molar-refractivity contribution is 0.841. The zero-order chi connectivity index (χ0) is 17.6. The summed E-state index contributed by atoms with van der Waals surface area (Å²) >= 11 is 9.30. The van der Waals surface area contributed by atoms with Crippen molar-refractivity contribution in [2.75, 3.05) is 0 Å². The van der Waals surface area contributed by atoms with Gasteiger partial charge >= 0.3 is 0 Å². The molecule has 25 heavy (non-hydrogen) atoms. The van der Waals surface area contributed by atoms with Crippen LogP contribution >= 0.6 is 35.1 Å². The molecule has 3 aromatic rings. The van der Waals surface area contributed by atoms with Gasteiger partial charge in [-0.05, 0) is 36.8 Å². The molecule has 5 nitrogen and oxygen atoms in total. The van der Waals surface area contributed by atoms with Crippen molar-refractivity contribution < 1.29 is 0 Å². The fourth-order valence-electron chi connectivity index (χ4n) is 2.07. The number of rotatable bonds is 7. The molecule has 130 valence electrons. The summed E-state index contributed by atoms with van der Waals surface area (Å²) in [5.74, 6) is 1.51. The van der Waals surface area contributed by atoms with Crippen molar-refractivity contribution in [3.05, 3.63) is 53.6 Å². The molecular weight excluding hydrogens is 374 g/mol. The Kier molecular flexibility index (Phi) is 6.34. The van der Waals surface area contributed by atoms with Gasteiger partial charge in [-0.3, -0.25) is 4.57 Å². The fourth-order valence-corrected chi connectivity index (χ4v) is 3.84. The minimum absolute atomic E-state index is 0.466. The van der Waals surface area contributed by atoms with Gasteiger partial charge in [-0.2, -0.15) is 0 Å². The Morgan fingerprint density at radius 2 is 1.84 bits per heavy atom. The lowest BCUT2D eigenvalue weighted by Gasteiger charge is -2.12. The van der Waals surface area contributed by atoms with Crippen LogP contribution in [0.3, 0.4) is 0 Å². The van der Waals surface area contributed by atoms with E-state index in [2.05, 4.69) is 38.6 Å². The minimum atomic E-state index is 0.466. The van der Waals surface area contributed by atoms with Gasteiger partial charge in [-0.1, -0.05) is 49.0 Å². The molecule has 1 unspecified atom stereocenters. The SMILES string of the molecule is CCC(C)Sc1nnc(CSc2ncccn2)n1-c1ccc(Cl)cc1. The second kappa shape index (κ2) is 8.69. The highest BCUT2D eigenvalue weighted by atomic mass is 35.5. The van der Waals surface area contributed by atoms with Gasteiger partial charge in [-0.15, -0.1) is 10.2 Å². The van der Waals surface area contributed by atoms with Crippen molar-refractivity contribution in [1.82, 2.24) is 24.7 Å².